The van der Waals surface area contributed by atoms with Crippen molar-refractivity contribution in [3.8, 4) is 11.5 Å². The molecule has 4 heteroatoms. The Morgan fingerprint density at radius 1 is 1.19 bits per heavy atom. The largest absolute Gasteiger partial charge is 0.497 e. The summed E-state index contributed by atoms with van der Waals surface area (Å²) in [5.74, 6) is 1.51. The number of hydrogen-bond acceptors (Lipinski definition) is 4. The van der Waals surface area contributed by atoms with E-state index in [0.717, 1.165) is 17.1 Å². The highest BCUT2D eigenvalue weighted by Crippen LogP contribution is 2.22. The molecule has 90 valence electrons. The van der Waals surface area contributed by atoms with Gasteiger partial charge in [-0.15, -0.1) is 0 Å². The molecule has 2 N–H and O–H groups in total. The molecular weight excluding hydrogens is 206 g/mol. The lowest BCUT2D eigenvalue weighted by molar-refractivity contribution is 0.0715. The molecule has 0 aliphatic carbocycles. The summed E-state index contributed by atoms with van der Waals surface area (Å²) in [7, 11) is 3.28. The summed E-state index contributed by atoms with van der Waals surface area (Å²) in [6, 6.07) is 5.64. The molecule has 0 aliphatic heterocycles. The van der Waals surface area contributed by atoms with Gasteiger partial charge in [0.1, 0.15) is 18.1 Å². The molecule has 1 unspecified atom stereocenters. The first-order valence-corrected chi connectivity index (χ1v) is 5.23. The molecule has 0 saturated carbocycles. The van der Waals surface area contributed by atoms with E-state index in [1.54, 1.807) is 14.2 Å². The summed E-state index contributed by atoms with van der Waals surface area (Å²) in [6.07, 6.45) is 0.0625. The maximum atomic E-state index is 5.59. The van der Waals surface area contributed by atoms with E-state index in [2.05, 4.69) is 0 Å². The normalized spacial score (nSPS) is 12.2. The third kappa shape index (κ3) is 3.72. The molecule has 0 fully saturated rings. The Balaban J connectivity index is 2.71. The van der Waals surface area contributed by atoms with Crippen LogP contribution in [0.5, 0.6) is 11.5 Å². The van der Waals surface area contributed by atoms with Crippen molar-refractivity contribution in [1.29, 1.82) is 0 Å². The molecular formula is C12H19NO3. The lowest BCUT2D eigenvalue weighted by Gasteiger charge is -2.13. The van der Waals surface area contributed by atoms with Crippen LogP contribution in [-0.2, 0) is 11.3 Å². The summed E-state index contributed by atoms with van der Waals surface area (Å²) >= 11 is 0. The number of benzene rings is 1. The van der Waals surface area contributed by atoms with Gasteiger partial charge in [0, 0.05) is 19.7 Å². The molecule has 16 heavy (non-hydrogen) atoms. The maximum Gasteiger partial charge on any atom is 0.123 e. The van der Waals surface area contributed by atoms with Crippen molar-refractivity contribution >= 4 is 0 Å². The topological polar surface area (TPSA) is 53.7 Å². The molecule has 0 aliphatic rings. The van der Waals surface area contributed by atoms with E-state index in [9.17, 15) is 0 Å². The molecule has 0 heterocycles. The Morgan fingerprint density at radius 3 is 2.44 bits per heavy atom. The highest BCUT2D eigenvalue weighted by Gasteiger charge is 2.04. The van der Waals surface area contributed by atoms with Crippen molar-refractivity contribution in [2.45, 2.75) is 19.6 Å². The van der Waals surface area contributed by atoms with Gasteiger partial charge in [0.15, 0.2) is 0 Å². The number of ether oxygens (including phenoxy) is 3. The van der Waals surface area contributed by atoms with Crippen LogP contribution in [0, 0.1) is 0 Å². The van der Waals surface area contributed by atoms with Gasteiger partial charge in [-0.05, 0) is 24.6 Å². The van der Waals surface area contributed by atoms with E-state index < -0.39 is 0 Å². The second kappa shape index (κ2) is 6.35. The second-order valence-electron chi connectivity index (χ2n) is 3.58. The summed E-state index contributed by atoms with van der Waals surface area (Å²) in [6.45, 7) is 2.92. The monoisotopic (exact) mass is 225 g/mol. The van der Waals surface area contributed by atoms with Crippen molar-refractivity contribution in [2.24, 2.45) is 5.73 Å². The van der Waals surface area contributed by atoms with E-state index in [1.165, 1.54) is 0 Å². The molecule has 1 aromatic carbocycles. The smallest absolute Gasteiger partial charge is 0.123 e. The Labute approximate surface area is 96.3 Å². The van der Waals surface area contributed by atoms with Crippen LogP contribution in [0.2, 0.25) is 0 Å². The van der Waals surface area contributed by atoms with E-state index in [4.69, 9.17) is 19.9 Å². The molecule has 4 nitrogen and oxygen atoms in total. The molecule has 0 bridgehead atoms. The minimum Gasteiger partial charge on any atom is -0.497 e. The van der Waals surface area contributed by atoms with Crippen LogP contribution in [0.25, 0.3) is 0 Å². The number of nitrogens with two attached hydrogens (primary N) is 1. The summed E-state index contributed by atoms with van der Waals surface area (Å²) in [5, 5.41) is 0. The van der Waals surface area contributed by atoms with Crippen LogP contribution in [0.3, 0.4) is 0 Å². The first-order chi connectivity index (χ1) is 7.69. The van der Waals surface area contributed by atoms with Gasteiger partial charge in [0.25, 0.3) is 0 Å². The Bertz CT molecular complexity index is 306. The summed E-state index contributed by atoms with van der Waals surface area (Å²) in [5.41, 5.74) is 6.57. The first kappa shape index (κ1) is 12.8. The minimum atomic E-state index is 0.0625. The molecule has 0 radical (unpaired) electrons. The molecule has 1 rings (SSSR count). The van der Waals surface area contributed by atoms with Crippen LogP contribution < -0.4 is 15.2 Å². The van der Waals surface area contributed by atoms with Gasteiger partial charge in [-0.3, -0.25) is 0 Å². The fraction of sp³-hybridized carbons (Fsp3) is 0.500. The highest BCUT2D eigenvalue weighted by molar-refractivity contribution is 5.38. The minimum absolute atomic E-state index is 0.0625. The number of rotatable bonds is 6. The lowest BCUT2D eigenvalue weighted by Crippen LogP contribution is -2.16. The Kier molecular flexibility index (Phi) is 5.08. The number of methoxy groups -OCH3 is 2. The third-order valence-electron chi connectivity index (χ3n) is 2.30. The molecule has 1 aromatic rings. The first-order valence-electron chi connectivity index (χ1n) is 5.23. The van der Waals surface area contributed by atoms with Gasteiger partial charge in [-0.25, -0.2) is 0 Å². The van der Waals surface area contributed by atoms with Gasteiger partial charge in [-0.2, -0.15) is 0 Å². The van der Waals surface area contributed by atoms with E-state index >= 15 is 0 Å². The molecule has 0 amide bonds. The fourth-order valence-electron chi connectivity index (χ4n) is 1.23. The van der Waals surface area contributed by atoms with E-state index in [-0.39, 0.29) is 6.10 Å². The number of hydrogen-bond donors (Lipinski definition) is 1. The zero-order chi connectivity index (χ0) is 12.0. The molecule has 0 spiro atoms. The molecule has 0 saturated heterocycles. The van der Waals surface area contributed by atoms with Gasteiger partial charge in [0.2, 0.25) is 0 Å². The predicted octanol–water partition coefficient (Wildman–Crippen LogP) is 1.57. The highest BCUT2D eigenvalue weighted by atomic mass is 16.5. The van der Waals surface area contributed by atoms with E-state index in [0.29, 0.717) is 13.2 Å². The predicted molar refractivity (Wildman–Crippen MR) is 62.9 cm³/mol. The Morgan fingerprint density at radius 2 is 1.88 bits per heavy atom. The summed E-state index contributed by atoms with van der Waals surface area (Å²) in [4.78, 5) is 0. The average Bonchev–Trinajstić information content (AvgIpc) is 2.35. The zero-order valence-corrected chi connectivity index (χ0v) is 10.0. The SMILES string of the molecule is COc1cc(CN)cc(OCC(C)OC)c1. The third-order valence-corrected chi connectivity index (χ3v) is 2.30. The van der Waals surface area contributed by atoms with E-state index in [1.807, 2.05) is 25.1 Å². The van der Waals surface area contributed by atoms with Crippen LogP contribution in [0.15, 0.2) is 18.2 Å². The maximum absolute atomic E-state index is 5.59. The van der Waals surface area contributed by atoms with Crippen molar-refractivity contribution in [3.05, 3.63) is 23.8 Å². The summed E-state index contributed by atoms with van der Waals surface area (Å²) < 4.78 is 15.9. The molecule has 0 aromatic heterocycles. The van der Waals surface area contributed by atoms with Crippen molar-refractivity contribution in [1.82, 2.24) is 0 Å². The average molecular weight is 225 g/mol. The second-order valence-corrected chi connectivity index (χ2v) is 3.58. The van der Waals surface area contributed by atoms with Crippen molar-refractivity contribution in [3.63, 3.8) is 0 Å². The van der Waals surface area contributed by atoms with Gasteiger partial charge < -0.3 is 19.9 Å². The molecule has 1 atom stereocenters. The van der Waals surface area contributed by atoms with Crippen LogP contribution >= 0.6 is 0 Å². The van der Waals surface area contributed by atoms with Crippen LogP contribution in [0.1, 0.15) is 12.5 Å². The van der Waals surface area contributed by atoms with Gasteiger partial charge >= 0.3 is 0 Å². The zero-order valence-electron chi connectivity index (χ0n) is 10.0. The quantitative estimate of drug-likeness (QED) is 0.798. The standard InChI is InChI=1S/C12H19NO3/c1-9(14-2)8-16-12-5-10(7-13)4-11(6-12)15-3/h4-6,9H,7-8,13H2,1-3H3. The fourth-order valence-corrected chi connectivity index (χ4v) is 1.23. The van der Waals surface area contributed by atoms with Gasteiger partial charge in [0.05, 0.1) is 13.2 Å². The van der Waals surface area contributed by atoms with Gasteiger partial charge in [-0.1, -0.05) is 0 Å². The lowest BCUT2D eigenvalue weighted by atomic mass is 10.2. The van der Waals surface area contributed by atoms with Crippen LogP contribution in [-0.4, -0.2) is 26.9 Å². The van der Waals surface area contributed by atoms with Crippen molar-refractivity contribution < 1.29 is 14.2 Å². The van der Waals surface area contributed by atoms with Crippen LogP contribution in [0.4, 0.5) is 0 Å². The van der Waals surface area contributed by atoms with Crippen molar-refractivity contribution in [2.75, 3.05) is 20.8 Å². The Hall–Kier alpha value is -1.26.